The van der Waals surface area contributed by atoms with Crippen LogP contribution in [0.3, 0.4) is 0 Å². The number of hydrogen-bond acceptors (Lipinski definition) is 1. The van der Waals surface area contributed by atoms with Crippen molar-refractivity contribution in [2.24, 2.45) is 17.1 Å². The van der Waals surface area contributed by atoms with E-state index in [1.165, 1.54) is 27.8 Å². The van der Waals surface area contributed by atoms with Crippen LogP contribution in [0.25, 0.3) is 11.6 Å². The van der Waals surface area contributed by atoms with Crippen molar-refractivity contribution in [1.82, 2.24) is 0 Å². The minimum atomic E-state index is 0.115. The first kappa shape index (κ1) is 19.3. The van der Waals surface area contributed by atoms with E-state index in [4.69, 9.17) is 5.73 Å². The summed E-state index contributed by atoms with van der Waals surface area (Å²) >= 11 is 0. The second-order valence-electron chi connectivity index (χ2n) is 8.03. The highest BCUT2D eigenvalue weighted by molar-refractivity contribution is 5.85. The summed E-state index contributed by atoms with van der Waals surface area (Å²) in [4.78, 5) is 0. The monoisotopic (exact) mass is 335 g/mol. The molecule has 134 valence electrons. The van der Waals surface area contributed by atoms with Gasteiger partial charge in [0.2, 0.25) is 0 Å². The van der Waals surface area contributed by atoms with Crippen LogP contribution in [0.4, 0.5) is 0 Å². The van der Waals surface area contributed by atoms with Gasteiger partial charge in [0, 0.05) is 5.70 Å². The quantitative estimate of drug-likeness (QED) is 0.633. The fourth-order valence-corrected chi connectivity index (χ4v) is 3.01. The summed E-state index contributed by atoms with van der Waals surface area (Å²) < 4.78 is 0. The molecule has 0 bridgehead atoms. The van der Waals surface area contributed by atoms with Crippen molar-refractivity contribution in [2.75, 3.05) is 0 Å². The molecule has 0 spiro atoms. The fourth-order valence-electron chi connectivity index (χ4n) is 3.01. The van der Waals surface area contributed by atoms with E-state index in [9.17, 15) is 0 Å². The third-order valence-electron chi connectivity index (χ3n) is 5.54. The van der Waals surface area contributed by atoms with Gasteiger partial charge in [-0.1, -0.05) is 75.8 Å². The highest BCUT2D eigenvalue weighted by Crippen LogP contribution is 2.39. The van der Waals surface area contributed by atoms with Gasteiger partial charge in [-0.3, -0.25) is 0 Å². The lowest BCUT2D eigenvalue weighted by Crippen LogP contribution is -2.17. The van der Waals surface area contributed by atoms with Gasteiger partial charge in [-0.05, 0) is 66.4 Å². The summed E-state index contributed by atoms with van der Waals surface area (Å²) in [6.45, 7) is 13.4. The molecule has 0 aromatic heterocycles. The molecule has 0 saturated carbocycles. The summed E-state index contributed by atoms with van der Waals surface area (Å²) in [5.41, 5.74) is 13.9. The first-order valence-corrected chi connectivity index (χ1v) is 9.37. The molecule has 1 aliphatic carbocycles. The molecule has 1 aromatic rings. The summed E-state index contributed by atoms with van der Waals surface area (Å²) in [5, 5.41) is 0. The van der Waals surface area contributed by atoms with Crippen LogP contribution in [0.2, 0.25) is 0 Å². The SMILES string of the molecule is C/C=C\c1ccccc1/C(=C/C(C)(C)C(C)C)C1=CC(N)=C(C)CC1. The zero-order valence-electron chi connectivity index (χ0n) is 16.7. The zero-order valence-corrected chi connectivity index (χ0v) is 16.7. The Labute approximate surface area is 154 Å². The van der Waals surface area contributed by atoms with Crippen LogP contribution >= 0.6 is 0 Å². The molecule has 1 nitrogen and oxygen atoms in total. The van der Waals surface area contributed by atoms with Gasteiger partial charge in [0.1, 0.15) is 0 Å². The van der Waals surface area contributed by atoms with E-state index in [2.05, 4.69) is 90.1 Å². The number of hydrogen-bond donors (Lipinski definition) is 1. The van der Waals surface area contributed by atoms with E-state index < -0.39 is 0 Å². The van der Waals surface area contributed by atoms with Crippen LogP contribution in [0.5, 0.6) is 0 Å². The van der Waals surface area contributed by atoms with Gasteiger partial charge in [-0.15, -0.1) is 0 Å². The summed E-state index contributed by atoms with van der Waals surface area (Å²) in [6.07, 6.45) is 11.0. The minimum Gasteiger partial charge on any atom is -0.399 e. The first-order valence-electron chi connectivity index (χ1n) is 9.37. The van der Waals surface area contributed by atoms with Gasteiger partial charge in [-0.2, -0.15) is 0 Å². The average Bonchev–Trinajstić information content (AvgIpc) is 2.56. The van der Waals surface area contributed by atoms with Crippen molar-refractivity contribution in [1.29, 1.82) is 0 Å². The average molecular weight is 336 g/mol. The molecule has 2 N–H and O–H groups in total. The van der Waals surface area contributed by atoms with Crippen molar-refractivity contribution >= 4 is 11.6 Å². The molecule has 0 fully saturated rings. The molecule has 0 saturated heterocycles. The van der Waals surface area contributed by atoms with E-state index in [1.807, 2.05) is 0 Å². The first-order chi connectivity index (χ1) is 11.8. The maximum absolute atomic E-state index is 6.27. The number of benzene rings is 1. The van der Waals surface area contributed by atoms with Gasteiger partial charge in [0.05, 0.1) is 0 Å². The van der Waals surface area contributed by atoms with Crippen LogP contribution in [-0.2, 0) is 0 Å². The number of allylic oxidation sites excluding steroid dienone is 6. The van der Waals surface area contributed by atoms with E-state index in [0.717, 1.165) is 18.5 Å². The van der Waals surface area contributed by atoms with Crippen LogP contribution in [0.15, 0.2) is 59.3 Å². The lowest BCUT2D eigenvalue weighted by molar-refractivity contribution is 0.334. The molecular formula is C24H33N. The molecule has 0 amide bonds. The van der Waals surface area contributed by atoms with Gasteiger partial charge < -0.3 is 5.73 Å². The molecule has 0 atom stereocenters. The van der Waals surface area contributed by atoms with Crippen molar-refractivity contribution < 1.29 is 0 Å². The molecule has 2 rings (SSSR count). The Hall–Kier alpha value is -2.02. The van der Waals surface area contributed by atoms with Crippen LogP contribution < -0.4 is 5.73 Å². The molecule has 0 radical (unpaired) electrons. The predicted octanol–water partition coefficient (Wildman–Crippen LogP) is 6.74. The summed E-state index contributed by atoms with van der Waals surface area (Å²) in [5.74, 6) is 0.565. The second-order valence-corrected chi connectivity index (χ2v) is 8.03. The standard InChI is InChI=1S/C24H33N/c1-7-10-19-11-8-9-12-21(19)22(16-24(5,6)17(2)3)20-14-13-18(4)23(25)15-20/h7-12,15-17H,13-14,25H2,1-6H3/b10-7-,22-16+. The van der Waals surface area contributed by atoms with Gasteiger partial charge in [0.15, 0.2) is 0 Å². The molecule has 0 unspecified atom stereocenters. The lowest BCUT2D eigenvalue weighted by Gasteiger charge is -2.29. The van der Waals surface area contributed by atoms with E-state index in [-0.39, 0.29) is 5.41 Å². The largest absolute Gasteiger partial charge is 0.399 e. The Balaban J connectivity index is 2.67. The Morgan fingerprint density at radius 1 is 1.16 bits per heavy atom. The molecule has 1 heteroatoms. The third kappa shape index (κ3) is 4.54. The summed E-state index contributed by atoms with van der Waals surface area (Å²) in [6, 6.07) is 8.67. The number of nitrogens with two attached hydrogens (primary N) is 1. The highest BCUT2D eigenvalue weighted by atomic mass is 14.6. The Kier molecular flexibility index (Phi) is 6.11. The molecule has 0 aliphatic heterocycles. The normalized spacial score (nSPS) is 16.8. The molecule has 25 heavy (non-hydrogen) atoms. The van der Waals surface area contributed by atoms with Crippen LogP contribution in [0.1, 0.15) is 65.5 Å². The van der Waals surface area contributed by atoms with E-state index in [1.54, 1.807) is 0 Å². The lowest BCUT2D eigenvalue weighted by atomic mass is 9.76. The van der Waals surface area contributed by atoms with Crippen molar-refractivity contribution in [3.05, 3.63) is 70.5 Å². The summed E-state index contributed by atoms with van der Waals surface area (Å²) in [7, 11) is 0. The minimum absolute atomic E-state index is 0.115. The molecule has 1 aromatic carbocycles. The molecule has 1 aliphatic rings. The van der Waals surface area contributed by atoms with Crippen LogP contribution in [0, 0.1) is 11.3 Å². The molecular weight excluding hydrogens is 302 g/mol. The van der Waals surface area contributed by atoms with Gasteiger partial charge >= 0.3 is 0 Å². The van der Waals surface area contributed by atoms with Crippen molar-refractivity contribution in [3.8, 4) is 0 Å². The maximum Gasteiger partial charge on any atom is 0.0306 e. The zero-order chi connectivity index (χ0) is 18.6. The van der Waals surface area contributed by atoms with Gasteiger partial charge in [0.25, 0.3) is 0 Å². The smallest absolute Gasteiger partial charge is 0.0306 e. The van der Waals surface area contributed by atoms with E-state index in [0.29, 0.717) is 5.92 Å². The predicted molar refractivity (Wildman–Crippen MR) is 112 cm³/mol. The Morgan fingerprint density at radius 3 is 2.44 bits per heavy atom. The van der Waals surface area contributed by atoms with Crippen molar-refractivity contribution in [2.45, 2.75) is 54.4 Å². The van der Waals surface area contributed by atoms with E-state index >= 15 is 0 Å². The Morgan fingerprint density at radius 2 is 1.84 bits per heavy atom. The molecule has 0 heterocycles. The van der Waals surface area contributed by atoms with Gasteiger partial charge in [-0.25, -0.2) is 0 Å². The highest BCUT2D eigenvalue weighted by Gasteiger charge is 2.23. The van der Waals surface area contributed by atoms with Crippen LogP contribution in [-0.4, -0.2) is 0 Å². The Bertz CT molecular complexity index is 739. The third-order valence-corrected chi connectivity index (χ3v) is 5.54. The maximum atomic E-state index is 6.27. The topological polar surface area (TPSA) is 26.0 Å². The second kappa shape index (κ2) is 7.91. The van der Waals surface area contributed by atoms with Crippen molar-refractivity contribution in [3.63, 3.8) is 0 Å². The fraction of sp³-hybridized carbons (Fsp3) is 0.417. The number of rotatable bonds is 5.